The first kappa shape index (κ1) is 28.8. The molecular formula is C22H29N5O11P+. The zero-order chi connectivity index (χ0) is 28.5. The molecule has 4 heterocycles. The molecule has 39 heavy (non-hydrogen) atoms. The highest BCUT2D eigenvalue weighted by molar-refractivity contribution is 7.46. The van der Waals surface area contributed by atoms with Crippen LogP contribution in [0.25, 0.3) is 11.2 Å². The molecule has 1 unspecified atom stereocenters. The van der Waals surface area contributed by atoms with Gasteiger partial charge in [-0.3, -0.25) is 18.5 Å². The number of phosphoric acid groups is 1. The van der Waals surface area contributed by atoms with Gasteiger partial charge in [0.2, 0.25) is 0 Å². The highest BCUT2D eigenvalue weighted by Crippen LogP contribution is 2.37. The minimum absolute atomic E-state index is 0.0365. The molecule has 16 nitrogen and oxygen atoms in total. The SMILES string of the molecule is CCCn1cnc2c1c(=O)n(CCOC(=O)c1ccc[n+](C3O[C@H](COP(=O)(O)O)[C@@H](O)[C@H]3O)c1)c(=O)n2C. The first-order valence-electron chi connectivity index (χ1n) is 12.0. The Morgan fingerprint density at radius 1 is 1.23 bits per heavy atom. The largest absolute Gasteiger partial charge is 0.469 e. The molecule has 1 fully saturated rings. The summed E-state index contributed by atoms with van der Waals surface area (Å²) in [6, 6.07) is 2.88. The van der Waals surface area contributed by atoms with Gasteiger partial charge >= 0.3 is 19.5 Å². The lowest BCUT2D eigenvalue weighted by molar-refractivity contribution is -0.765. The van der Waals surface area contributed by atoms with Crippen LogP contribution in [0.5, 0.6) is 0 Å². The molecule has 17 heteroatoms. The predicted octanol–water partition coefficient (Wildman–Crippen LogP) is -1.82. The zero-order valence-corrected chi connectivity index (χ0v) is 22.0. The van der Waals surface area contributed by atoms with Crippen LogP contribution in [-0.2, 0) is 38.7 Å². The maximum Gasteiger partial charge on any atom is 0.469 e. The van der Waals surface area contributed by atoms with Crippen molar-refractivity contribution in [1.82, 2.24) is 18.7 Å². The number of carbonyl (C=O) groups is 1. The van der Waals surface area contributed by atoms with Crippen LogP contribution in [0.4, 0.5) is 0 Å². The molecule has 1 aliphatic rings. The van der Waals surface area contributed by atoms with E-state index in [0.717, 1.165) is 11.0 Å². The lowest BCUT2D eigenvalue weighted by Crippen LogP contribution is -2.46. The number of nitrogens with zero attached hydrogens (tertiary/aromatic N) is 5. The molecule has 1 saturated heterocycles. The summed E-state index contributed by atoms with van der Waals surface area (Å²) in [5.41, 5.74) is -0.579. The van der Waals surface area contributed by atoms with Gasteiger partial charge in [-0.25, -0.2) is 19.1 Å². The number of hydrogen-bond acceptors (Lipinski definition) is 10. The van der Waals surface area contributed by atoms with Gasteiger partial charge in [-0.1, -0.05) is 6.92 Å². The number of aliphatic hydroxyl groups excluding tert-OH is 2. The van der Waals surface area contributed by atoms with Crippen molar-refractivity contribution in [1.29, 1.82) is 0 Å². The molecule has 0 aliphatic carbocycles. The van der Waals surface area contributed by atoms with Crippen LogP contribution in [0.3, 0.4) is 0 Å². The quantitative estimate of drug-likeness (QED) is 0.121. The van der Waals surface area contributed by atoms with Crippen molar-refractivity contribution in [3.8, 4) is 0 Å². The number of fused-ring (bicyclic) bond motifs is 1. The maximum absolute atomic E-state index is 13.0. The number of aliphatic hydroxyl groups is 2. The lowest BCUT2D eigenvalue weighted by atomic mass is 10.1. The minimum atomic E-state index is -4.82. The zero-order valence-electron chi connectivity index (χ0n) is 21.1. The molecule has 0 radical (unpaired) electrons. The normalized spacial score (nSPS) is 21.5. The third-order valence-corrected chi connectivity index (χ3v) is 6.70. The van der Waals surface area contributed by atoms with Crippen LogP contribution >= 0.6 is 7.82 Å². The Hall–Kier alpha value is -3.24. The van der Waals surface area contributed by atoms with Crippen molar-refractivity contribution >= 4 is 25.0 Å². The standard InChI is InChI=1S/C22H28N5O11P/c1-3-6-26-12-23-18-15(26)19(30)27(22(32)24(18)2)8-9-36-21(31)13-5-4-7-25(10-13)20-17(29)16(28)14(38-20)11-37-39(33,34)35/h4-5,7,10,12,14,16-17,20,28-29H,3,6,8-9,11H2,1-2H3,(H-,33,34,35)/p+1/t14-,16-,17-,20?/m1/s1. The second-order valence-corrected chi connectivity index (χ2v) is 10.2. The third-order valence-electron chi connectivity index (χ3n) is 6.21. The van der Waals surface area contributed by atoms with Gasteiger partial charge in [0.1, 0.15) is 24.4 Å². The number of rotatable bonds is 10. The van der Waals surface area contributed by atoms with E-state index in [0.29, 0.717) is 6.54 Å². The van der Waals surface area contributed by atoms with E-state index < -0.39 is 56.2 Å². The van der Waals surface area contributed by atoms with E-state index in [9.17, 15) is 29.2 Å². The molecule has 4 N–H and O–H groups in total. The topological polar surface area (TPSA) is 208 Å². The summed E-state index contributed by atoms with van der Waals surface area (Å²) in [6.07, 6.45) is -0.459. The summed E-state index contributed by atoms with van der Waals surface area (Å²) in [4.78, 5) is 60.3. The number of aromatic nitrogens is 5. The Morgan fingerprint density at radius 2 is 1.97 bits per heavy atom. The minimum Gasteiger partial charge on any atom is -0.460 e. The first-order chi connectivity index (χ1) is 18.4. The van der Waals surface area contributed by atoms with Crippen LogP contribution in [0.1, 0.15) is 29.9 Å². The number of imidazole rings is 1. The van der Waals surface area contributed by atoms with E-state index in [1.807, 2.05) is 6.92 Å². The van der Waals surface area contributed by atoms with Crippen LogP contribution < -0.4 is 15.8 Å². The number of ether oxygens (including phenoxy) is 2. The number of aryl methyl sites for hydroxylation is 2. The van der Waals surface area contributed by atoms with Gasteiger partial charge in [0, 0.05) is 19.7 Å². The van der Waals surface area contributed by atoms with Crippen molar-refractivity contribution in [2.24, 2.45) is 7.05 Å². The number of esters is 1. The third kappa shape index (κ3) is 6.01. The average molecular weight is 570 g/mol. The first-order valence-corrected chi connectivity index (χ1v) is 13.5. The van der Waals surface area contributed by atoms with Gasteiger partial charge in [0.25, 0.3) is 11.8 Å². The molecule has 1 aliphatic heterocycles. The van der Waals surface area contributed by atoms with Crippen molar-refractivity contribution in [2.75, 3.05) is 13.2 Å². The molecule has 0 spiro atoms. The summed E-state index contributed by atoms with van der Waals surface area (Å²) in [7, 11) is -3.32. The van der Waals surface area contributed by atoms with Gasteiger partial charge in [0.05, 0.1) is 19.5 Å². The molecule has 4 rings (SSSR count). The van der Waals surface area contributed by atoms with Crippen molar-refractivity contribution in [3.05, 3.63) is 57.3 Å². The molecule has 0 bridgehead atoms. The fourth-order valence-corrected chi connectivity index (χ4v) is 4.64. The number of hydrogen-bond donors (Lipinski definition) is 4. The van der Waals surface area contributed by atoms with Crippen molar-refractivity contribution in [2.45, 2.75) is 51.0 Å². The lowest BCUT2D eigenvalue weighted by Gasteiger charge is -2.13. The van der Waals surface area contributed by atoms with E-state index in [1.54, 1.807) is 4.57 Å². The van der Waals surface area contributed by atoms with E-state index in [4.69, 9.17) is 19.3 Å². The molecule has 4 atom stereocenters. The summed E-state index contributed by atoms with van der Waals surface area (Å²) < 4.78 is 31.2. The van der Waals surface area contributed by atoms with Crippen LogP contribution in [-0.4, -0.2) is 76.2 Å². The van der Waals surface area contributed by atoms with E-state index in [-0.39, 0.29) is 29.9 Å². The smallest absolute Gasteiger partial charge is 0.460 e. The van der Waals surface area contributed by atoms with Crippen molar-refractivity contribution < 1.29 is 47.9 Å². The maximum atomic E-state index is 13.0. The fraction of sp³-hybridized carbons (Fsp3) is 0.500. The van der Waals surface area contributed by atoms with Gasteiger partial charge < -0.3 is 34.0 Å². The Kier molecular flexibility index (Phi) is 8.46. The highest BCUT2D eigenvalue weighted by Gasteiger charge is 2.49. The molecule has 0 amide bonds. The van der Waals surface area contributed by atoms with Crippen LogP contribution in [0.2, 0.25) is 0 Å². The average Bonchev–Trinajstić information content (AvgIpc) is 3.44. The van der Waals surface area contributed by atoms with E-state index in [2.05, 4.69) is 9.51 Å². The molecule has 0 saturated carbocycles. The Bertz CT molecular complexity index is 1530. The van der Waals surface area contributed by atoms with Crippen LogP contribution in [0.15, 0.2) is 40.4 Å². The van der Waals surface area contributed by atoms with Gasteiger partial charge in [0.15, 0.2) is 29.7 Å². The summed E-state index contributed by atoms with van der Waals surface area (Å²) in [5.74, 6) is -0.791. The fourth-order valence-electron chi connectivity index (χ4n) is 4.30. The highest BCUT2D eigenvalue weighted by atomic mass is 31.2. The molecule has 3 aromatic rings. The summed E-state index contributed by atoms with van der Waals surface area (Å²) >= 11 is 0. The van der Waals surface area contributed by atoms with Crippen molar-refractivity contribution in [3.63, 3.8) is 0 Å². The second kappa shape index (κ2) is 11.5. The second-order valence-electron chi connectivity index (χ2n) is 8.92. The van der Waals surface area contributed by atoms with E-state index >= 15 is 0 Å². The predicted molar refractivity (Wildman–Crippen MR) is 130 cm³/mol. The van der Waals surface area contributed by atoms with Gasteiger partial charge in [-0.15, -0.1) is 0 Å². The monoisotopic (exact) mass is 570 g/mol. The van der Waals surface area contributed by atoms with E-state index in [1.165, 1.54) is 47.0 Å². The van der Waals surface area contributed by atoms with Gasteiger partial charge in [-0.05, 0) is 12.5 Å². The Balaban J connectivity index is 1.45. The number of carbonyl (C=O) groups excluding carboxylic acids is 1. The Labute approximate surface area is 220 Å². The Morgan fingerprint density at radius 3 is 2.67 bits per heavy atom. The number of phosphoric ester groups is 1. The molecule has 0 aromatic carbocycles. The molecular weight excluding hydrogens is 541 g/mol. The molecule has 212 valence electrons. The summed E-state index contributed by atoms with van der Waals surface area (Å²) in [5, 5.41) is 20.5. The summed E-state index contributed by atoms with van der Waals surface area (Å²) in [6.45, 7) is 1.32. The van der Waals surface area contributed by atoms with Crippen LogP contribution in [0, 0.1) is 0 Å². The van der Waals surface area contributed by atoms with Gasteiger partial charge in [-0.2, -0.15) is 4.57 Å². The number of pyridine rings is 1. The molecule has 3 aromatic heterocycles.